The monoisotopic (exact) mass is 297 g/mol. The van der Waals surface area contributed by atoms with Crippen molar-refractivity contribution >= 4 is 27.7 Å². The normalized spacial score (nSPS) is 20.8. The third-order valence-electron chi connectivity index (χ3n) is 2.61. The van der Waals surface area contributed by atoms with Crippen molar-refractivity contribution in [3.63, 3.8) is 0 Å². The Hall–Kier alpha value is -1.27. The lowest BCUT2D eigenvalue weighted by Gasteiger charge is -2.29. The Morgan fingerprint density at radius 1 is 1.53 bits per heavy atom. The molecule has 1 unspecified atom stereocenters. The summed E-state index contributed by atoms with van der Waals surface area (Å²) in [6.45, 7) is 2.18. The Labute approximate surface area is 107 Å². The van der Waals surface area contributed by atoms with Gasteiger partial charge in [-0.1, -0.05) is 0 Å². The molecule has 1 fully saturated rings. The Morgan fingerprint density at radius 3 is 2.94 bits per heavy atom. The topological polar surface area (TPSA) is 62.3 Å². The highest BCUT2D eigenvalue weighted by atomic mass is 79.9. The van der Waals surface area contributed by atoms with Crippen molar-refractivity contribution in [3.05, 3.63) is 28.5 Å². The molecule has 1 N–H and O–H groups in total. The second-order valence-electron chi connectivity index (χ2n) is 3.89. The van der Waals surface area contributed by atoms with Crippen molar-refractivity contribution in [2.75, 3.05) is 6.54 Å². The minimum absolute atomic E-state index is 0.198. The van der Waals surface area contributed by atoms with Crippen molar-refractivity contribution in [3.8, 4) is 0 Å². The number of rotatable bonds is 2. The molecule has 1 aromatic heterocycles. The van der Waals surface area contributed by atoms with Crippen LogP contribution in [0.25, 0.3) is 0 Å². The van der Waals surface area contributed by atoms with Crippen LogP contribution in [0.1, 0.15) is 12.6 Å². The molecule has 1 aliphatic heterocycles. The Morgan fingerprint density at radius 2 is 2.29 bits per heavy atom. The second-order valence-corrected chi connectivity index (χ2v) is 4.80. The molecular weight excluding hydrogens is 286 g/mol. The van der Waals surface area contributed by atoms with E-state index in [4.69, 9.17) is 0 Å². The molecular formula is C11H12BrN3O2. The lowest BCUT2D eigenvalue weighted by atomic mass is 10.2. The van der Waals surface area contributed by atoms with Crippen molar-refractivity contribution in [1.82, 2.24) is 15.2 Å². The quantitative estimate of drug-likeness (QED) is 0.816. The first-order valence-corrected chi connectivity index (χ1v) is 6.05. The third kappa shape index (κ3) is 2.70. The van der Waals surface area contributed by atoms with Crippen molar-refractivity contribution < 1.29 is 9.59 Å². The van der Waals surface area contributed by atoms with Crippen LogP contribution in [0.4, 0.5) is 0 Å². The van der Waals surface area contributed by atoms with Gasteiger partial charge in [0.05, 0.1) is 24.8 Å². The van der Waals surface area contributed by atoms with E-state index in [1.165, 1.54) is 4.90 Å². The van der Waals surface area contributed by atoms with E-state index in [0.717, 1.165) is 4.47 Å². The lowest BCUT2D eigenvalue weighted by molar-refractivity contribution is -0.149. The zero-order valence-corrected chi connectivity index (χ0v) is 10.9. The van der Waals surface area contributed by atoms with E-state index in [0.29, 0.717) is 5.69 Å². The molecule has 90 valence electrons. The number of halogens is 1. The average Bonchev–Trinajstić information content (AvgIpc) is 2.32. The standard InChI is InChI=1S/C11H12BrN3O2/c1-7-11(17)15(10(16)5-13-7)6-9-3-2-8(12)4-14-9/h2-4,7,13H,5-6H2,1H3. The van der Waals surface area contributed by atoms with Gasteiger partial charge in [-0.25, -0.2) is 0 Å². The molecule has 17 heavy (non-hydrogen) atoms. The van der Waals surface area contributed by atoms with Gasteiger partial charge >= 0.3 is 0 Å². The van der Waals surface area contributed by atoms with E-state index in [1.54, 1.807) is 19.2 Å². The van der Waals surface area contributed by atoms with Gasteiger partial charge in [0.1, 0.15) is 0 Å². The van der Waals surface area contributed by atoms with E-state index in [-0.39, 0.29) is 30.9 Å². The molecule has 0 aliphatic carbocycles. The van der Waals surface area contributed by atoms with Gasteiger partial charge in [-0.2, -0.15) is 0 Å². The molecule has 0 aromatic carbocycles. The van der Waals surface area contributed by atoms with E-state index >= 15 is 0 Å². The number of hydrogen-bond donors (Lipinski definition) is 1. The number of amides is 2. The molecule has 6 heteroatoms. The van der Waals surface area contributed by atoms with E-state index in [1.807, 2.05) is 6.07 Å². The average molecular weight is 298 g/mol. The van der Waals surface area contributed by atoms with Crippen LogP contribution in [0.5, 0.6) is 0 Å². The van der Waals surface area contributed by atoms with Crippen LogP contribution in [0.15, 0.2) is 22.8 Å². The van der Waals surface area contributed by atoms with Crippen LogP contribution < -0.4 is 5.32 Å². The molecule has 0 bridgehead atoms. The van der Waals surface area contributed by atoms with Crippen LogP contribution in [-0.2, 0) is 16.1 Å². The van der Waals surface area contributed by atoms with Crippen molar-refractivity contribution in [2.24, 2.45) is 0 Å². The van der Waals surface area contributed by atoms with Crippen molar-refractivity contribution in [2.45, 2.75) is 19.5 Å². The summed E-state index contributed by atoms with van der Waals surface area (Å²) >= 11 is 3.28. The molecule has 2 rings (SSSR count). The number of pyridine rings is 1. The summed E-state index contributed by atoms with van der Waals surface area (Å²) in [6, 6.07) is 3.31. The van der Waals surface area contributed by atoms with Crippen molar-refractivity contribution in [1.29, 1.82) is 0 Å². The minimum atomic E-state index is -0.317. The summed E-state index contributed by atoms with van der Waals surface area (Å²) in [6.07, 6.45) is 1.65. The SMILES string of the molecule is CC1NCC(=O)N(Cc2ccc(Br)cn2)C1=O. The molecule has 0 saturated carbocycles. The Balaban J connectivity index is 2.13. The van der Waals surface area contributed by atoms with Crippen LogP contribution in [0.2, 0.25) is 0 Å². The molecule has 5 nitrogen and oxygen atoms in total. The third-order valence-corrected chi connectivity index (χ3v) is 3.07. The van der Waals surface area contributed by atoms with Crippen LogP contribution in [0.3, 0.4) is 0 Å². The maximum atomic E-state index is 11.8. The van der Waals surface area contributed by atoms with E-state index < -0.39 is 0 Å². The molecule has 0 radical (unpaired) electrons. The van der Waals surface area contributed by atoms with Gasteiger partial charge in [-0.05, 0) is 35.0 Å². The number of hydrogen-bond acceptors (Lipinski definition) is 4. The van der Waals surface area contributed by atoms with Gasteiger partial charge < -0.3 is 0 Å². The van der Waals surface area contributed by atoms with E-state index in [2.05, 4.69) is 26.2 Å². The molecule has 1 saturated heterocycles. The van der Waals surface area contributed by atoms with Gasteiger partial charge in [0.15, 0.2) is 0 Å². The highest BCUT2D eigenvalue weighted by Crippen LogP contribution is 2.11. The van der Waals surface area contributed by atoms with Crippen LogP contribution >= 0.6 is 15.9 Å². The Kier molecular flexibility index (Phi) is 3.54. The second kappa shape index (κ2) is 4.93. The molecule has 1 aromatic rings. The summed E-state index contributed by atoms with van der Waals surface area (Å²) in [5.74, 6) is -0.413. The summed E-state index contributed by atoms with van der Waals surface area (Å²) in [4.78, 5) is 28.8. The largest absolute Gasteiger partial charge is 0.298 e. The number of nitrogens with zero attached hydrogens (tertiary/aromatic N) is 2. The van der Waals surface area contributed by atoms with Gasteiger partial charge in [-0.3, -0.25) is 24.8 Å². The highest BCUT2D eigenvalue weighted by molar-refractivity contribution is 9.10. The summed E-state index contributed by atoms with van der Waals surface area (Å²) in [5, 5.41) is 2.84. The first kappa shape index (κ1) is 12.2. The zero-order valence-electron chi connectivity index (χ0n) is 9.31. The maximum absolute atomic E-state index is 11.8. The number of imide groups is 1. The fourth-order valence-corrected chi connectivity index (χ4v) is 1.84. The molecule has 2 amide bonds. The van der Waals surface area contributed by atoms with Crippen LogP contribution in [0, 0.1) is 0 Å². The molecule has 1 aliphatic rings. The van der Waals surface area contributed by atoms with Gasteiger partial charge in [0.25, 0.3) is 0 Å². The predicted octanol–water partition coefficient (Wildman–Crippen LogP) is 0.691. The number of piperazine rings is 1. The minimum Gasteiger partial charge on any atom is -0.298 e. The highest BCUT2D eigenvalue weighted by Gasteiger charge is 2.31. The van der Waals surface area contributed by atoms with E-state index in [9.17, 15) is 9.59 Å². The fourth-order valence-electron chi connectivity index (χ4n) is 1.61. The van der Waals surface area contributed by atoms with Gasteiger partial charge in [-0.15, -0.1) is 0 Å². The number of nitrogens with one attached hydrogen (secondary N) is 1. The number of aromatic nitrogens is 1. The Bertz CT molecular complexity index is 447. The summed E-state index contributed by atoms with van der Waals surface area (Å²) in [5.41, 5.74) is 0.698. The maximum Gasteiger partial charge on any atom is 0.246 e. The summed E-state index contributed by atoms with van der Waals surface area (Å²) in [7, 11) is 0. The number of carbonyl (C=O) groups excluding carboxylic acids is 2. The predicted molar refractivity (Wildman–Crippen MR) is 65.0 cm³/mol. The zero-order chi connectivity index (χ0) is 12.4. The molecule has 2 heterocycles. The molecule has 1 atom stereocenters. The number of carbonyl (C=O) groups is 2. The lowest BCUT2D eigenvalue weighted by Crippen LogP contribution is -2.56. The summed E-state index contributed by atoms with van der Waals surface area (Å²) < 4.78 is 0.868. The smallest absolute Gasteiger partial charge is 0.246 e. The first-order valence-electron chi connectivity index (χ1n) is 5.26. The van der Waals surface area contributed by atoms with Crippen LogP contribution in [-0.4, -0.2) is 34.3 Å². The fraction of sp³-hybridized carbons (Fsp3) is 0.364. The first-order chi connectivity index (χ1) is 8.08. The van der Waals surface area contributed by atoms with Gasteiger partial charge in [0, 0.05) is 10.7 Å². The molecule has 0 spiro atoms. The van der Waals surface area contributed by atoms with Gasteiger partial charge in [0.2, 0.25) is 11.8 Å².